The zero-order chi connectivity index (χ0) is 20.8. The molecule has 1 aromatic heterocycles. The average Bonchev–Trinajstić information content (AvgIpc) is 3.04. The van der Waals surface area contributed by atoms with Gasteiger partial charge in [0.1, 0.15) is 10.8 Å². The first kappa shape index (κ1) is 21.1. The van der Waals surface area contributed by atoms with Gasteiger partial charge in [0.15, 0.2) is 6.61 Å². The van der Waals surface area contributed by atoms with E-state index in [0.29, 0.717) is 35.3 Å². The number of rotatable bonds is 8. The van der Waals surface area contributed by atoms with Crippen molar-refractivity contribution in [2.45, 2.75) is 39.5 Å². The van der Waals surface area contributed by atoms with Gasteiger partial charge in [0.2, 0.25) is 0 Å². The molecule has 1 unspecified atom stereocenters. The van der Waals surface area contributed by atoms with E-state index in [-0.39, 0.29) is 18.5 Å². The van der Waals surface area contributed by atoms with Gasteiger partial charge in [-0.2, -0.15) is 0 Å². The Hall–Kier alpha value is -2.60. The molecule has 0 saturated heterocycles. The van der Waals surface area contributed by atoms with Crippen molar-refractivity contribution in [1.29, 1.82) is 0 Å². The summed E-state index contributed by atoms with van der Waals surface area (Å²) in [5.74, 6) is 0.569. The molecule has 1 aliphatic carbocycles. The summed E-state index contributed by atoms with van der Waals surface area (Å²) in [5, 5.41) is 3.44. The van der Waals surface area contributed by atoms with Gasteiger partial charge in [-0.05, 0) is 55.7 Å². The number of esters is 1. The third-order valence-corrected chi connectivity index (χ3v) is 6.11. The minimum absolute atomic E-state index is 0.130. The maximum atomic E-state index is 12.6. The standard InChI is InChI=1S/C23H27NO4S/c1-4-8-16-9-6-7-10-18(16)28-14-20(25)24-22-21(23(26)27-5-2)17-12-11-15(3)13-19(17)29-22/h4,6-7,9-10,15H,1,5,8,11-14H2,2-3H3,(H,24,25). The van der Waals surface area contributed by atoms with Crippen LogP contribution in [0.4, 0.5) is 5.00 Å². The molecule has 1 heterocycles. The fourth-order valence-corrected chi connectivity index (χ4v) is 4.95. The molecule has 6 heteroatoms. The van der Waals surface area contributed by atoms with Gasteiger partial charge in [0, 0.05) is 4.88 Å². The Balaban J connectivity index is 1.74. The quantitative estimate of drug-likeness (QED) is 0.499. The van der Waals surface area contributed by atoms with E-state index in [4.69, 9.17) is 9.47 Å². The molecule has 1 amide bonds. The molecule has 29 heavy (non-hydrogen) atoms. The van der Waals surface area contributed by atoms with Crippen molar-refractivity contribution in [3.8, 4) is 5.75 Å². The zero-order valence-corrected chi connectivity index (χ0v) is 17.8. The Morgan fingerprint density at radius 2 is 2.14 bits per heavy atom. The highest BCUT2D eigenvalue weighted by Crippen LogP contribution is 2.40. The third kappa shape index (κ3) is 5.07. The molecule has 0 saturated carbocycles. The molecular weight excluding hydrogens is 386 g/mol. The van der Waals surface area contributed by atoms with Crippen molar-refractivity contribution in [2.24, 2.45) is 5.92 Å². The van der Waals surface area contributed by atoms with Crippen molar-refractivity contribution in [2.75, 3.05) is 18.5 Å². The van der Waals surface area contributed by atoms with Gasteiger partial charge in [-0.15, -0.1) is 17.9 Å². The van der Waals surface area contributed by atoms with Gasteiger partial charge < -0.3 is 14.8 Å². The second-order valence-corrected chi connectivity index (χ2v) is 8.32. The molecule has 5 nitrogen and oxygen atoms in total. The smallest absolute Gasteiger partial charge is 0.341 e. The Kier molecular flexibility index (Phi) is 7.09. The van der Waals surface area contributed by atoms with Crippen molar-refractivity contribution >= 4 is 28.2 Å². The van der Waals surface area contributed by atoms with E-state index in [1.165, 1.54) is 16.2 Å². The Bertz CT molecular complexity index is 902. The fraction of sp³-hybridized carbons (Fsp3) is 0.391. The van der Waals surface area contributed by atoms with Gasteiger partial charge in [-0.1, -0.05) is 31.2 Å². The van der Waals surface area contributed by atoms with Crippen LogP contribution >= 0.6 is 11.3 Å². The summed E-state index contributed by atoms with van der Waals surface area (Å²) in [7, 11) is 0. The number of para-hydroxylation sites is 1. The van der Waals surface area contributed by atoms with Crippen LogP contribution in [0, 0.1) is 5.92 Å². The maximum Gasteiger partial charge on any atom is 0.341 e. The number of fused-ring (bicyclic) bond motifs is 1. The molecule has 3 rings (SSSR count). The molecule has 1 atom stereocenters. The van der Waals surface area contributed by atoms with Crippen molar-refractivity contribution in [3.05, 3.63) is 58.5 Å². The van der Waals surface area contributed by atoms with Gasteiger partial charge >= 0.3 is 5.97 Å². The number of ether oxygens (including phenoxy) is 2. The minimum Gasteiger partial charge on any atom is -0.483 e. The van der Waals surface area contributed by atoms with Crippen molar-refractivity contribution in [1.82, 2.24) is 0 Å². The van der Waals surface area contributed by atoms with E-state index in [0.717, 1.165) is 30.4 Å². The number of hydrogen-bond donors (Lipinski definition) is 1. The summed E-state index contributed by atoms with van der Waals surface area (Å²) in [6, 6.07) is 7.57. The molecule has 0 spiro atoms. The molecule has 1 aliphatic rings. The summed E-state index contributed by atoms with van der Waals surface area (Å²) in [6.45, 7) is 7.91. The predicted octanol–water partition coefficient (Wildman–Crippen LogP) is 4.80. The molecule has 1 N–H and O–H groups in total. The SMILES string of the molecule is C=CCc1ccccc1OCC(=O)Nc1sc2c(c1C(=O)OCC)CCC(C)C2. The van der Waals surface area contributed by atoms with E-state index >= 15 is 0 Å². The number of hydrogen-bond acceptors (Lipinski definition) is 5. The Morgan fingerprint density at radius 3 is 2.90 bits per heavy atom. The molecular formula is C23H27NO4S. The highest BCUT2D eigenvalue weighted by molar-refractivity contribution is 7.17. The van der Waals surface area contributed by atoms with E-state index in [2.05, 4.69) is 18.8 Å². The van der Waals surface area contributed by atoms with Crippen LogP contribution in [0.15, 0.2) is 36.9 Å². The molecule has 0 radical (unpaired) electrons. The van der Waals surface area contributed by atoms with Crippen LogP contribution in [-0.2, 0) is 28.8 Å². The fourth-order valence-electron chi connectivity index (χ4n) is 3.53. The highest BCUT2D eigenvalue weighted by Gasteiger charge is 2.29. The first-order chi connectivity index (χ1) is 14.0. The molecule has 2 aromatic rings. The van der Waals surface area contributed by atoms with Gasteiger partial charge in [0.05, 0.1) is 12.2 Å². The molecule has 0 aliphatic heterocycles. The number of thiophene rings is 1. The number of amides is 1. The van der Waals surface area contributed by atoms with Gasteiger partial charge in [0.25, 0.3) is 5.91 Å². The lowest BCUT2D eigenvalue weighted by atomic mass is 9.88. The topological polar surface area (TPSA) is 64.6 Å². The van der Waals surface area contributed by atoms with Crippen LogP contribution in [0.2, 0.25) is 0 Å². The second-order valence-electron chi connectivity index (χ2n) is 7.21. The van der Waals surface area contributed by atoms with Crippen LogP contribution in [0.1, 0.15) is 46.6 Å². The lowest BCUT2D eigenvalue weighted by molar-refractivity contribution is -0.118. The molecule has 0 fully saturated rings. The summed E-state index contributed by atoms with van der Waals surface area (Å²) in [6.07, 6.45) is 5.26. The number of carbonyl (C=O) groups is 2. The van der Waals surface area contributed by atoms with E-state index in [1.807, 2.05) is 24.3 Å². The Labute approximate surface area is 175 Å². The molecule has 1 aromatic carbocycles. The predicted molar refractivity (Wildman–Crippen MR) is 116 cm³/mol. The normalized spacial score (nSPS) is 15.3. The summed E-state index contributed by atoms with van der Waals surface area (Å²) < 4.78 is 11.0. The molecule has 0 bridgehead atoms. The summed E-state index contributed by atoms with van der Waals surface area (Å²) in [4.78, 5) is 26.3. The Morgan fingerprint density at radius 1 is 1.34 bits per heavy atom. The van der Waals surface area contributed by atoms with Crippen LogP contribution in [0.5, 0.6) is 5.75 Å². The van der Waals surface area contributed by atoms with E-state index in [1.54, 1.807) is 13.0 Å². The van der Waals surface area contributed by atoms with Crippen LogP contribution in [0.3, 0.4) is 0 Å². The largest absolute Gasteiger partial charge is 0.483 e. The number of allylic oxidation sites excluding steroid dienone is 1. The first-order valence-corrected chi connectivity index (χ1v) is 10.8. The van der Waals surface area contributed by atoms with Gasteiger partial charge in [-0.3, -0.25) is 4.79 Å². The second kappa shape index (κ2) is 9.74. The molecule has 154 valence electrons. The zero-order valence-electron chi connectivity index (χ0n) is 17.0. The van der Waals surface area contributed by atoms with Crippen molar-refractivity contribution < 1.29 is 19.1 Å². The summed E-state index contributed by atoms with van der Waals surface area (Å²) in [5.41, 5.74) is 2.52. The lowest BCUT2D eigenvalue weighted by Gasteiger charge is -2.18. The number of benzene rings is 1. The van der Waals surface area contributed by atoms with E-state index < -0.39 is 0 Å². The lowest BCUT2D eigenvalue weighted by Crippen LogP contribution is -2.21. The monoisotopic (exact) mass is 413 g/mol. The first-order valence-electron chi connectivity index (χ1n) is 9.96. The number of nitrogens with one attached hydrogen (secondary N) is 1. The minimum atomic E-state index is -0.368. The maximum absolute atomic E-state index is 12.6. The van der Waals surface area contributed by atoms with Gasteiger partial charge in [-0.25, -0.2) is 4.79 Å². The van der Waals surface area contributed by atoms with Crippen LogP contribution in [0.25, 0.3) is 0 Å². The summed E-state index contributed by atoms with van der Waals surface area (Å²) >= 11 is 1.48. The van der Waals surface area contributed by atoms with Crippen LogP contribution < -0.4 is 10.1 Å². The van der Waals surface area contributed by atoms with E-state index in [9.17, 15) is 9.59 Å². The highest BCUT2D eigenvalue weighted by atomic mass is 32.1. The number of carbonyl (C=O) groups excluding carboxylic acids is 2. The third-order valence-electron chi connectivity index (χ3n) is 4.94. The number of anilines is 1. The average molecular weight is 414 g/mol. The van der Waals surface area contributed by atoms with Crippen molar-refractivity contribution in [3.63, 3.8) is 0 Å². The van der Waals surface area contributed by atoms with Crippen LogP contribution in [-0.4, -0.2) is 25.1 Å².